The molecule has 0 saturated heterocycles. The number of nitrogens with zero attached hydrogens (tertiary/aromatic N) is 2. The summed E-state index contributed by atoms with van der Waals surface area (Å²) in [7, 11) is 3.63. The van der Waals surface area contributed by atoms with E-state index in [9.17, 15) is 0 Å². The average Bonchev–Trinajstić information content (AvgIpc) is 2.78. The third kappa shape index (κ3) is 2.71. The predicted octanol–water partition coefficient (Wildman–Crippen LogP) is 1.99. The highest BCUT2D eigenvalue weighted by atomic mass is 16.5. The van der Waals surface area contributed by atoms with Gasteiger partial charge in [-0.3, -0.25) is 4.68 Å². The number of benzene rings is 1. The van der Waals surface area contributed by atoms with E-state index in [-0.39, 0.29) is 0 Å². The highest BCUT2D eigenvalue weighted by molar-refractivity contribution is 5.61. The molecule has 4 nitrogen and oxygen atoms in total. The Morgan fingerprint density at radius 3 is 2.61 bits per heavy atom. The lowest BCUT2D eigenvalue weighted by Crippen LogP contribution is -2.01. The van der Waals surface area contributed by atoms with E-state index in [1.54, 1.807) is 7.11 Å². The van der Waals surface area contributed by atoms with Crippen LogP contribution in [0.4, 0.5) is 0 Å². The van der Waals surface area contributed by atoms with Crippen LogP contribution in [0.2, 0.25) is 0 Å². The fourth-order valence-electron chi connectivity index (χ4n) is 1.96. The monoisotopic (exact) mass is 245 g/mol. The van der Waals surface area contributed by atoms with Gasteiger partial charge < -0.3 is 10.5 Å². The number of aromatic nitrogens is 2. The first-order valence-electron chi connectivity index (χ1n) is 6.12. The van der Waals surface area contributed by atoms with Crippen molar-refractivity contribution >= 4 is 0 Å². The molecule has 0 atom stereocenters. The molecule has 2 rings (SSSR count). The highest BCUT2D eigenvalue weighted by Crippen LogP contribution is 2.23. The average molecular weight is 245 g/mol. The lowest BCUT2D eigenvalue weighted by molar-refractivity contribution is 0.415. The van der Waals surface area contributed by atoms with Gasteiger partial charge in [-0.15, -0.1) is 0 Å². The molecule has 0 aliphatic rings. The fourth-order valence-corrected chi connectivity index (χ4v) is 1.96. The first-order valence-corrected chi connectivity index (χ1v) is 6.12. The van der Waals surface area contributed by atoms with Crippen molar-refractivity contribution in [2.75, 3.05) is 13.7 Å². The van der Waals surface area contributed by atoms with E-state index in [0.29, 0.717) is 6.54 Å². The van der Waals surface area contributed by atoms with Crippen molar-refractivity contribution in [2.45, 2.75) is 12.8 Å². The lowest BCUT2D eigenvalue weighted by Gasteiger charge is -2.03. The molecule has 0 unspecified atom stereocenters. The second-order valence-corrected chi connectivity index (χ2v) is 4.27. The molecule has 4 heteroatoms. The summed E-state index contributed by atoms with van der Waals surface area (Å²) in [5.41, 5.74) is 8.87. The molecule has 0 amide bonds. The molecule has 0 aliphatic carbocycles. The Hall–Kier alpha value is -1.81. The van der Waals surface area contributed by atoms with Crippen molar-refractivity contribution in [1.29, 1.82) is 0 Å². The first-order chi connectivity index (χ1) is 8.74. The summed E-state index contributed by atoms with van der Waals surface area (Å²) in [6.07, 6.45) is 1.90. The molecule has 96 valence electrons. The van der Waals surface area contributed by atoms with Gasteiger partial charge in [0.05, 0.1) is 18.5 Å². The van der Waals surface area contributed by atoms with E-state index in [2.05, 4.69) is 11.2 Å². The van der Waals surface area contributed by atoms with Crippen LogP contribution in [0, 0.1) is 0 Å². The smallest absolute Gasteiger partial charge is 0.118 e. The van der Waals surface area contributed by atoms with Gasteiger partial charge in [0.25, 0.3) is 0 Å². The highest BCUT2D eigenvalue weighted by Gasteiger charge is 2.07. The Labute approximate surface area is 107 Å². The summed E-state index contributed by atoms with van der Waals surface area (Å²) in [5, 5.41) is 4.50. The number of rotatable bonds is 5. The summed E-state index contributed by atoms with van der Waals surface area (Å²) >= 11 is 0. The summed E-state index contributed by atoms with van der Waals surface area (Å²) in [4.78, 5) is 0. The normalized spacial score (nSPS) is 10.6. The largest absolute Gasteiger partial charge is 0.497 e. The topological polar surface area (TPSA) is 53.1 Å². The molecule has 0 fully saturated rings. The number of aryl methyl sites for hydroxylation is 2. The van der Waals surface area contributed by atoms with Gasteiger partial charge in [0.15, 0.2) is 0 Å². The van der Waals surface area contributed by atoms with Gasteiger partial charge in [0, 0.05) is 12.6 Å². The molecule has 1 heterocycles. The molecule has 2 N–H and O–H groups in total. The van der Waals surface area contributed by atoms with Crippen LogP contribution in [0.15, 0.2) is 30.3 Å². The Kier molecular flexibility index (Phi) is 3.99. The molecule has 0 saturated carbocycles. The van der Waals surface area contributed by atoms with Crippen molar-refractivity contribution < 1.29 is 4.74 Å². The summed E-state index contributed by atoms with van der Waals surface area (Å²) in [6, 6.07) is 10.1. The first kappa shape index (κ1) is 12.6. The molecule has 0 spiro atoms. The molecule has 0 aliphatic heterocycles. The minimum atomic E-state index is 0.703. The molecule has 18 heavy (non-hydrogen) atoms. The maximum absolute atomic E-state index is 5.52. The third-order valence-electron chi connectivity index (χ3n) is 2.95. The Morgan fingerprint density at radius 2 is 2.00 bits per heavy atom. The summed E-state index contributed by atoms with van der Waals surface area (Å²) < 4.78 is 7.07. The second kappa shape index (κ2) is 5.69. The maximum Gasteiger partial charge on any atom is 0.118 e. The molecule has 0 radical (unpaired) electrons. The number of ether oxygens (including phenoxy) is 1. The standard InChI is InChI=1S/C14H19N3O/c1-17-14(10-12(16-17)4-3-9-15)11-5-7-13(18-2)8-6-11/h5-8,10H,3-4,9,15H2,1-2H3. The third-order valence-corrected chi connectivity index (χ3v) is 2.95. The van der Waals surface area contributed by atoms with E-state index in [1.807, 2.05) is 36.0 Å². The number of hydrogen-bond donors (Lipinski definition) is 1. The maximum atomic E-state index is 5.52. The fraction of sp³-hybridized carbons (Fsp3) is 0.357. The zero-order valence-electron chi connectivity index (χ0n) is 10.9. The van der Waals surface area contributed by atoms with E-state index >= 15 is 0 Å². The van der Waals surface area contributed by atoms with Crippen LogP contribution in [0.5, 0.6) is 5.75 Å². The predicted molar refractivity (Wildman–Crippen MR) is 72.6 cm³/mol. The van der Waals surface area contributed by atoms with Crippen molar-refractivity contribution in [2.24, 2.45) is 12.8 Å². The van der Waals surface area contributed by atoms with Crippen LogP contribution < -0.4 is 10.5 Å². The van der Waals surface area contributed by atoms with Crippen LogP contribution >= 0.6 is 0 Å². The van der Waals surface area contributed by atoms with Gasteiger partial charge in [-0.1, -0.05) is 0 Å². The van der Waals surface area contributed by atoms with E-state index in [4.69, 9.17) is 10.5 Å². The van der Waals surface area contributed by atoms with E-state index in [1.165, 1.54) is 0 Å². The molecular formula is C14H19N3O. The van der Waals surface area contributed by atoms with Crippen molar-refractivity contribution in [3.8, 4) is 17.0 Å². The van der Waals surface area contributed by atoms with Gasteiger partial charge >= 0.3 is 0 Å². The van der Waals surface area contributed by atoms with Crippen LogP contribution in [0.25, 0.3) is 11.3 Å². The van der Waals surface area contributed by atoms with Crippen molar-refractivity contribution in [3.05, 3.63) is 36.0 Å². The van der Waals surface area contributed by atoms with Crippen molar-refractivity contribution in [3.63, 3.8) is 0 Å². The van der Waals surface area contributed by atoms with Gasteiger partial charge in [-0.25, -0.2) is 0 Å². The summed E-state index contributed by atoms with van der Waals surface area (Å²) in [5.74, 6) is 0.865. The second-order valence-electron chi connectivity index (χ2n) is 4.27. The van der Waals surface area contributed by atoms with Crippen LogP contribution in [-0.4, -0.2) is 23.4 Å². The number of methoxy groups -OCH3 is 1. The molecule has 2 aromatic rings. The van der Waals surface area contributed by atoms with Gasteiger partial charge in [-0.05, 0) is 49.7 Å². The van der Waals surface area contributed by atoms with Gasteiger partial charge in [-0.2, -0.15) is 5.10 Å². The number of hydrogen-bond acceptors (Lipinski definition) is 3. The van der Waals surface area contributed by atoms with Gasteiger partial charge in [0.1, 0.15) is 5.75 Å². The Bertz CT molecular complexity index is 502. The van der Waals surface area contributed by atoms with Crippen LogP contribution in [0.3, 0.4) is 0 Å². The molecule has 1 aromatic carbocycles. The van der Waals surface area contributed by atoms with Crippen molar-refractivity contribution in [1.82, 2.24) is 9.78 Å². The van der Waals surface area contributed by atoms with Crippen LogP contribution in [0.1, 0.15) is 12.1 Å². The molecule has 1 aromatic heterocycles. The zero-order valence-corrected chi connectivity index (χ0v) is 10.9. The molecular weight excluding hydrogens is 226 g/mol. The quantitative estimate of drug-likeness (QED) is 0.876. The Morgan fingerprint density at radius 1 is 1.28 bits per heavy atom. The van der Waals surface area contributed by atoms with Crippen LogP contribution in [-0.2, 0) is 13.5 Å². The lowest BCUT2D eigenvalue weighted by atomic mass is 10.1. The van der Waals surface area contributed by atoms with Gasteiger partial charge in [0.2, 0.25) is 0 Å². The minimum absolute atomic E-state index is 0.703. The summed E-state index contributed by atoms with van der Waals surface area (Å²) in [6.45, 7) is 0.703. The minimum Gasteiger partial charge on any atom is -0.497 e. The number of nitrogens with two attached hydrogens (primary N) is 1. The molecule has 0 bridgehead atoms. The Balaban J connectivity index is 2.23. The SMILES string of the molecule is COc1ccc(-c2cc(CCCN)nn2C)cc1. The zero-order chi connectivity index (χ0) is 13.0. The van der Waals surface area contributed by atoms with E-state index in [0.717, 1.165) is 35.5 Å². The van der Waals surface area contributed by atoms with E-state index < -0.39 is 0 Å².